The fourth-order valence-electron chi connectivity index (χ4n) is 3.35. The van der Waals surface area contributed by atoms with Gasteiger partial charge in [0.05, 0.1) is 0 Å². The standard InChI is InChI=1S/C18H20N8O2/c19-16-23-17(21-12-4-5-13-14(10-12)28-11-27-13)24-26(16)15-6-7-20-18(22-15)25-8-2-1-3-9-25/h4-7,10H,1-3,8-9,11H2,(H3,19,21,23,24). The number of fused-ring (bicyclic) bond motifs is 1. The van der Waals surface area contributed by atoms with Gasteiger partial charge in [0.1, 0.15) is 0 Å². The number of nitrogen functional groups attached to an aromatic ring is 1. The van der Waals surface area contributed by atoms with Crippen molar-refractivity contribution >= 4 is 23.5 Å². The van der Waals surface area contributed by atoms with E-state index in [0.717, 1.165) is 37.4 Å². The van der Waals surface area contributed by atoms with Crippen molar-refractivity contribution in [1.29, 1.82) is 0 Å². The number of piperidine rings is 1. The molecule has 28 heavy (non-hydrogen) atoms. The highest BCUT2D eigenvalue weighted by molar-refractivity contribution is 5.61. The van der Waals surface area contributed by atoms with Crippen LogP contribution in [0.2, 0.25) is 0 Å². The van der Waals surface area contributed by atoms with Crippen molar-refractivity contribution < 1.29 is 9.47 Å². The molecule has 2 aliphatic rings. The second-order valence-electron chi connectivity index (χ2n) is 6.66. The number of hydrogen-bond donors (Lipinski definition) is 2. The van der Waals surface area contributed by atoms with Crippen molar-refractivity contribution in [2.24, 2.45) is 0 Å². The minimum absolute atomic E-state index is 0.228. The van der Waals surface area contributed by atoms with E-state index < -0.39 is 0 Å². The van der Waals surface area contributed by atoms with Crippen LogP contribution in [0, 0.1) is 0 Å². The monoisotopic (exact) mass is 380 g/mol. The first-order valence-electron chi connectivity index (χ1n) is 9.24. The van der Waals surface area contributed by atoms with Crippen molar-refractivity contribution in [2.45, 2.75) is 19.3 Å². The predicted octanol–water partition coefficient (Wildman–Crippen LogP) is 2.10. The molecule has 0 radical (unpaired) electrons. The summed E-state index contributed by atoms with van der Waals surface area (Å²) < 4.78 is 12.2. The van der Waals surface area contributed by atoms with Gasteiger partial charge in [-0.25, -0.2) is 4.98 Å². The Morgan fingerprint density at radius 3 is 2.75 bits per heavy atom. The maximum absolute atomic E-state index is 6.08. The van der Waals surface area contributed by atoms with Gasteiger partial charge >= 0.3 is 0 Å². The summed E-state index contributed by atoms with van der Waals surface area (Å²) >= 11 is 0. The third-order valence-electron chi connectivity index (χ3n) is 4.74. The minimum Gasteiger partial charge on any atom is -0.454 e. The van der Waals surface area contributed by atoms with Crippen molar-refractivity contribution in [1.82, 2.24) is 24.7 Å². The number of rotatable bonds is 4. The Morgan fingerprint density at radius 1 is 1.00 bits per heavy atom. The molecule has 5 rings (SSSR count). The van der Waals surface area contributed by atoms with Crippen molar-refractivity contribution in [3.63, 3.8) is 0 Å². The molecule has 0 bridgehead atoms. The summed E-state index contributed by atoms with van der Waals surface area (Å²) in [4.78, 5) is 15.5. The first kappa shape index (κ1) is 16.6. The van der Waals surface area contributed by atoms with Crippen LogP contribution in [-0.2, 0) is 0 Å². The van der Waals surface area contributed by atoms with E-state index in [2.05, 4.69) is 30.3 Å². The Kier molecular flexibility index (Phi) is 4.08. The van der Waals surface area contributed by atoms with E-state index in [4.69, 9.17) is 15.2 Å². The van der Waals surface area contributed by atoms with E-state index >= 15 is 0 Å². The third kappa shape index (κ3) is 3.13. The van der Waals surface area contributed by atoms with Gasteiger partial charge in [0.25, 0.3) is 0 Å². The Bertz CT molecular complexity index is 999. The fraction of sp³-hybridized carbons (Fsp3) is 0.333. The normalized spacial score (nSPS) is 15.6. The van der Waals surface area contributed by atoms with Crippen LogP contribution >= 0.6 is 0 Å². The van der Waals surface area contributed by atoms with Gasteiger partial charge < -0.3 is 25.4 Å². The number of ether oxygens (including phenoxy) is 2. The molecule has 3 aromatic rings. The van der Waals surface area contributed by atoms with E-state index in [1.807, 2.05) is 18.2 Å². The van der Waals surface area contributed by atoms with Gasteiger partial charge in [-0.2, -0.15) is 14.6 Å². The smallest absolute Gasteiger partial charge is 0.248 e. The van der Waals surface area contributed by atoms with Crippen LogP contribution in [0.4, 0.5) is 23.5 Å². The summed E-state index contributed by atoms with van der Waals surface area (Å²) in [5, 5.41) is 7.57. The Labute approximate surface area is 161 Å². The number of aromatic nitrogens is 5. The van der Waals surface area contributed by atoms with Gasteiger partial charge in [0.2, 0.25) is 24.6 Å². The molecule has 0 atom stereocenters. The van der Waals surface area contributed by atoms with Gasteiger partial charge in [-0.1, -0.05) is 0 Å². The van der Waals surface area contributed by atoms with Gasteiger partial charge in [0.15, 0.2) is 17.3 Å². The largest absolute Gasteiger partial charge is 0.454 e. The van der Waals surface area contributed by atoms with Gasteiger partial charge in [-0.3, -0.25) is 0 Å². The minimum atomic E-state index is 0.228. The Hall–Kier alpha value is -3.56. The quantitative estimate of drug-likeness (QED) is 0.702. The van der Waals surface area contributed by atoms with Crippen molar-refractivity contribution in [3.05, 3.63) is 30.5 Å². The highest BCUT2D eigenvalue weighted by Crippen LogP contribution is 2.34. The number of anilines is 4. The molecular formula is C18H20N8O2. The summed E-state index contributed by atoms with van der Waals surface area (Å²) in [6, 6.07) is 7.30. The molecule has 1 fully saturated rings. The molecule has 0 spiro atoms. The summed E-state index contributed by atoms with van der Waals surface area (Å²) in [6.07, 6.45) is 5.28. The van der Waals surface area contributed by atoms with Crippen LogP contribution in [0.3, 0.4) is 0 Å². The number of nitrogens with zero attached hydrogens (tertiary/aromatic N) is 6. The molecule has 4 heterocycles. The number of benzene rings is 1. The first-order valence-corrected chi connectivity index (χ1v) is 9.24. The number of hydrogen-bond acceptors (Lipinski definition) is 9. The van der Waals surface area contributed by atoms with E-state index in [9.17, 15) is 0 Å². The maximum atomic E-state index is 6.08. The second kappa shape index (κ2) is 6.87. The molecule has 3 N–H and O–H groups in total. The van der Waals surface area contributed by atoms with Crippen molar-refractivity contribution in [2.75, 3.05) is 35.8 Å². The molecule has 2 aromatic heterocycles. The van der Waals surface area contributed by atoms with Gasteiger partial charge in [0, 0.05) is 37.1 Å². The lowest BCUT2D eigenvalue weighted by molar-refractivity contribution is 0.174. The SMILES string of the molecule is Nc1nc(Nc2ccc3c(c2)OCO3)nn1-c1ccnc(N2CCCCC2)n1. The van der Waals surface area contributed by atoms with E-state index in [1.165, 1.54) is 11.1 Å². The molecule has 0 aliphatic carbocycles. The molecule has 0 unspecified atom stereocenters. The lowest BCUT2D eigenvalue weighted by Crippen LogP contribution is -2.31. The topological polar surface area (TPSA) is 116 Å². The summed E-state index contributed by atoms with van der Waals surface area (Å²) in [5.41, 5.74) is 6.85. The molecule has 0 amide bonds. The number of nitrogens with two attached hydrogens (primary N) is 1. The van der Waals surface area contributed by atoms with Crippen molar-refractivity contribution in [3.8, 4) is 17.3 Å². The predicted molar refractivity (Wildman–Crippen MR) is 103 cm³/mol. The molecule has 1 aromatic carbocycles. The Morgan fingerprint density at radius 2 is 1.86 bits per heavy atom. The number of nitrogens with one attached hydrogen (secondary N) is 1. The molecule has 2 aliphatic heterocycles. The molecule has 10 heteroatoms. The zero-order valence-corrected chi connectivity index (χ0v) is 15.2. The highest BCUT2D eigenvalue weighted by atomic mass is 16.7. The third-order valence-corrected chi connectivity index (χ3v) is 4.74. The van der Waals surface area contributed by atoms with E-state index in [-0.39, 0.29) is 12.7 Å². The molecule has 0 saturated carbocycles. The van der Waals surface area contributed by atoms with E-state index in [0.29, 0.717) is 23.5 Å². The van der Waals surface area contributed by atoms with Crippen LogP contribution in [0.25, 0.3) is 5.82 Å². The van der Waals surface area contributed by atoms with Crippen LogP contribution in [-0.4, -0.2) is 44.6 Å². The van der Waals surface area contributed by atoms with Gasteiger partial charge in [-0.15, -0.1) is 5.10 Å². The lowest BCUT2D eigenvalue weighted by atomic mass is 10.1. The van der Waals surface area contributed by atoms with Crippen LogP contribution in [0.1, 0.15) is 19.3 Å². The fourth-order valence-corrected chi connectivity index (χ4v) is 3.35. The molecule has 10 nitrogen and oxygen atoms in total. The zero-order chi connectivity index (χ0) is 18.9. The first-order chi connectivity index (χ1) is 13.8. The van der Waals surface area contributed by atoms with Crippen LogP contribution in [0.15, 0.2) is 30.5 Å². The van der Waals surface area contributed by atoms with Gasteiger partial charge in [-0.05, 0) is 31.4 Å². The van der Waals surface area contributed by atoms with Crippen LogP contribution < -0.4 is 25.4 Å². The maximum Gasteiger partial charge on any atom is 0.248 e. The average Bonchev–Trinajstić information content (AvgIpc) is 3.34. The molecule has 144 valence electrons. The lowest BCUT2D eigenvalue weighted by Gasteiger charge is -2.26. The highest BCUT2D eigenvalue weighted by Gasteiger charge is 2.17. The second-order valence-corrected chi connectivity index (χ2v) is 6.66. The Balaban J connectivity index is 1.39. The molecule has 1 saturated heterocycles. The summed E-state index contributed by atoms with van der Waals surface area (Å²) in [5.74, 6) is 3.28. The molecular weight excluding hydrogens is 360 g/mol. The summed E-state index contributed by atoms with van der Waals surface area (Å²) in [7, 11) is 0. The van der Waals surface area contributed by atoms with E-state index in [1.54, 1.807) is 12.3 Å². The average molecular weight is 380 g/mol. The zero-order valence-electron chi connectivity index (χ0n) is 15.2. The summed E-state index contributed by atoms with van der Waals surface area (Å²) in [6.45, 7) is 2.16. The van der Waals surface area contributed by atoms with Crippen LogP contribution in [0.5, 0.6) is 11.5 Å².